The average Bonchev–Trinajstić information content (AvgIpc) is 3.36. The molecule has 0 aliphatic rings. The molecule has 142 valence electrons. The van der Waals surface area contributed by atoms with Gasteiger partial charge < -0.3 is 14.3 Å². The summed E-state index contributed by atoms with van der Waals surface area (Å²) in [5.41, 5.74) is 4.10. The number of nitrogens with zero attached hydrogens (tertiary/aromatic N) is 2. The number of nitrogens with one attached hydrogen (secondary N) is 1. The number of benzene rings is 2. The summed E-state index contributed by atoms with van der Waals surface area (Å²) in [5, 5.41) is 2.96. The lowest BCUT2D eigenvalue weighted by Crippen LogP contribution is -2.13. The smallest absolute Gasteiger partial charge is 0.291 e. The van der Waals surface area contributed by atoms with Gasteiger partial charge in [-0.05, 0) is 48.7 Å². The first-order valence-electron chi connectivity index (χ1n) is 9.63. The van der Waals surface area contributed by atoms with Crippen LogP contribution in [0.25, 0.3) is 11.0 Å². The molecule has 0 saturated heterocycles. The van der Waals surface area contributed by atoms with E-state index in [1.165, 1.54) is 11.8 Å². The monoisotopic (exact) mass is 373 g/mol. The Morgan fingerprint density at radius 2 is 1.86 bits per heavy atom. The minimum absolute atomic E-state index is 0.240. The lowest BCUT2D eigenvalue weighted by atomic mass is 10.1. The molecule has 2 heterocycles. The summed E-state index contributed by atoms with van der Waals surface area (Å²) in [4.78, 5) is 17.2. The summed E-state index contributed by atoms with van der Waals surface area (Å²) in [6.45, 7) is 3.13. The Morgan fingerprint density at radius 3 is 2.68 bits per heavy atom. The molecule has 4 rings (SSSR count). The zero-order chi connectivity index (χ0) is 19.3. The van der Waals surface area contributed by atoms with Crippen molar-refractivity contribution < 1.29 is 9.21 Å². The van der Waals surface area contributed by atoms with Gasteiger partial charge in [0.05, 0.1) is 17.3 Å². The Bertz CT molecular complexity index is 1080. The number of aryl methyl sites for hydroxylation is 3. The number of amides is 1. The summed E-state index contributed by atoms with van der Waals surface area (Å²) in [5.74, 6) is 1.14. The van der Waals surface area contributed by atoms with Crippen molar-refractivity contribution in [1.82, 2.24) is 9.55 Å². The highest BCUT2D eigenvalue weighted by Crippen LogP contribution is 2.21. The van der Waals surface area contributed by atoms with E-state index in [9.17, 15) is 4.79 Å². The predicted molar refractivity (Wildman–Crippen MR) is 111 cm³/mol. The molecule has 5 nitrogen and oxygen atoms in total. The number of imidazole rings is 1. The van der Waals surface area contributed by atoms with Crippen LogP contribution in [0.1, 0.15) is 35.3 Å². The molecule has 2 aromatic heterocycles. The first-order chi connectivity index (χ1) is 13.8. The lowest BCUT2D eigenvalue weighted by molar-refractivity contribution is 0.0996. The minimum Gasteiger partial charge on any atom is -0.459 e. The van der Waals surface area contributed by atoms with Crippen LogP contribution in [0.5, 0.6) is 0 Å². The number of para-hydroxylation sites is 3. The van der Waals surface area contributed by atoms with Crippen LogP contribution < -0.4 is 5.32 Å². The molecular formula is C23H23N3O2. The number of hydrogen-bond acceptors (Lipinski definition) is 3. The maximum absolute atomic E-state index is 12.3. The van der Waals surface area contributed by atoms with E-state index in [1.54, 1.807) is 12.1 Å². The van der Waals surface area contributed by atoms with Crippen molar-refractivity contribution in [2.75, 3.05) is 5.32 Å². The van der Waals surface area contributed by atoms with Crippen LogP contribution in [0, 0.1) is 0 Å². The number of furan rings is 1. The zero-order valence-electron chi connectivity index (χ0n) is 15.9. The van der Waals surface area contributed by atoms with E-state index in [1.807, 2.05) is 30.3 Å². The van der Waals surface area contributed by atoms with Crippen LogP contribution >= 0.6 is 0 Å². The lowest BCUT2D eigenvalue weighted by Gasteiger charge is -2.11. The van der Waals surface area contributed by atoms with Crippen molar-refractivity contribution in [3.05, 3.63) is 84.1 Å². The van der Waals surface area contributed by atoms with E-state index in [0.29, 0.717) is 5.76 Å². The summed E-state index contributed by atoms with van der Waals surface area (Å²) >= 11 is 0. The average molecular weight is 373 g/mol. The van der Waals surface area contributed by atoms with Gasteiger partial charge in [-0.25, -0.2) is 4.98 Å². The Labute approximate surface area is 164 Å². The highest BCUT2D eigenvalue weighted by molar-refractivity contribution is 6.02. The van der Waals surface area contributed by atoms with Gasteiger partial charge in [0.2, 0.25) is 0 Å². The maximum atomic E-state index is 12.3. The van der Waals surface area contributed by atoms with Crippen molar-refractivity contribution in [2.45, 2.75) is 32.7 Å². The normalized spacial score (nSPS) is 11.0. The van der Waals surface area contributed by atoms with E-state index < -0.39 is 0 Å². The van der Waals surface area contributed by atoms with Gasteiger partial charge >= 0.3 is 0 Å². The second-order valence-electron chi connectivity index (χ2n) is 6.76. The molecule has 0 aliphatic carbocycles. The predicted octanol–water partition coefficient (Wildman–Crippen LogP) is 5.08. The molecular weight excluding hydrogens is 350 g/mol. The number of rotatable bonds is 7. The molecule has 2 aromatic carbocycles. The van der Waals surface area contributed by atoms with E-state index in [4.69, 9.17) is 9.40 Å². The fourth-order valence-corrected chi connectivity index (χ4v) is 3.49. The number of anilines is 1. The van der Waals surface area contributed by atoms with Crippen molar-refractivity contribution in [3.8, 4) is 0 Å². The van der Waals surface area contributed by atoms with Gasteiger partial charge in [-0.3, -0.25) is 4.79 Å². The highest BCUT2D eigenvalue weighted by Gasteiger charge is 2.13. The van der Waals surface area contributed by atoms with Crippen LogP contribution in [0.3, 0.4) is 0 Å². The van der Waals surface area contributed by atoms with Gasteiger partial charge in [-0.15, -0.1) is 0 Å². The molecule has 5 heteroatoms. The molecule has 0 saturated carbocycles. The molecule has 0 bridgehead atoms. The quantitative estimate of drug-likeness (QED) is 0.492. The molecule has 0 aliphatic heterocycles. The number of carbonyl (C=O) groups is 1. The van der Waals surface area contributed by atoms with Crippen LogP contribution in [0.15, 0.2) is 71.3 Å². The molecule has 0 radical (unpaired) electrons. The summed E-state index contributed by atoms with van der Waals surface area (Å²) in [6.07, 6.45) is 4.16. The van der Waals surface area contributed by atoms with Gasteiger partial charge in [0.15, 0.2) is 5.76 Å². The largest absolute Gasteiger partial charge is 0.459 e. The van der Waals surface area contributed by atoms with Gasteiger partial charge in [0.1, 0.15) is 5.82 Å². The second kappa shape index (κ2) is 8.13. The SMILES string of the molecule is CCCn1c(CCc2ccccc2NC(=O)c2ccco2)nc2ccccc21. The number of fused-ring (bicyclic) bond motifs is 1. The van der Waals surface area contributed by atoms with Crippen LogP contribution in [0.2, 0.25) is 0 Å². The van der Waals surface area contributed by atoms with E-state index in [0.717, 1.165) is 48.4 Å². The summed E-state index contributed by atoms with van der Waals surface area (Å²) in [7, 11) is 0. The highest BCUT2D eigenvalue weighted by atomic mass is 16.3. The first kappa shape index (κ1) is 18.0. The van der Waals surface area contributed by atoms with E-state index in [-0.39, 0.29) is 5.91 Å². The molecule has 4 aromatic rings. The Kier molecular flexibility index (Phi) is 5.24. The van der Waals surface area contributed by atoms with Gasteiger partial charge in [-0.1, -0.05) is 37.3 Å². The standard InChI is InChI=1S/C23H23N3O2/c1-2-15-26-20-11-6-5-10-19(20)24-22(26)14-13-17-8-3-4-9-18(17)25-23(27)21-12-7-16-28-21/h3-12,16H,2,13-15H2,1H3,(H,25,27). The molecule has 0 unspecified atom stereocenters. The van der Waals surface area contributed by atoms with Crippen molar-refractivity contribution in [3.63, 3.8) is 0 Å². The van der Waals surface area contributed by atoms with Crippen LogP contribution in [-0.2, 0) is 19.4 Å². The van der Waals surface area contributed by atoms with Crippen molar-refractivity contribution in [2.24, 2.45) is 0 Å². The Morgan fingerprint density at radius 1 is 1.04 bits per heavy atom. The third-order valence-corrected chi connectivity index (χ3v) is 4.81. The third kappa shape index (κ3) is 3.69. The molecule has 0 spiro atoms. The topological polar surface area (TPSA) is 60.1 Å². The number of hydrogen-bond donors (Lipinski definition) is 1. The maximum Gasteiger partial charge on any atom is 0.291 e. The molecule has 0 atom stereocenters. The summed E-state index contributed by atoms with van der Waals surface area (Å²) < 4.78 is 7.49. The van der Waals surface area contributed by atoms with E-state index in [2.05, 4.69) is 35.0 Å². The first-order valence-corrected chi connectivity index (χ1v) is 9.63. The number of aromatic nitrogens is 2. The third-order valence-electron chi connectivity index (χ3n) is 4.81. The second-order valence-corrected chi connectivity index (χ2v) is 6.76. The van der Waals surface area contributed by atoms with Crippen molar-refractivity contribution in [1.29, 1.82) is 0 Å². The summed E-state index contributed by atoms with van der Waals surface area (Å²) in [6, 6.07) is 19.5. The fourth-order valence-electron chi connectivity index (χ4n) is 3.49. The number of carbonyl (C=O) groups excluding carboxylic acids is 1. The minimum atomic E-state index is -0.240. The zero-order valence-corrected chi connectivity index (χ0v) is 15.9. The fraction of sp³-hybridized carbons (Fsp3) is 0.217. The van der Waals surface area contributed by atoms with Gasteiger partial charge in [-0.2, -0.15) is 0 Å². The van der Waals surface area contributed by atoms with Crippen LogP contribution in [-0.4, -0.2) is 15.5 Å². The molecule has 1 N–H and O–H groups in total. The molecule has 0 fully saturated rings. The van der Waals surface area contributed by atoms with Gasteiger partial charge in [0, 0.05) is 18.7 Å². The van der Waals surface area contributed by atoms with Crippen molar-refractivity contribution >= 4 is 22.6 Å². The Balaban J connectivity index is 1.55. The molecule has 1 amide bonds. The Hall–Kier alpha value is -3.34. The van der Waals surface area contributed by atoms with Gasteiger partial charge in [0.25, 0.3) is 5.91 Å². The van der Waals surface area contributed by atoms with Crippen LogP contribution in [0.4, 0.5) is 5.69 Å². The van der Waals surface area contributed by atoms with E-state index >= 15 is 0 Å². The molecule has 28 heavy (non-hydrogen) atoms.